The molecule has 0 aliphatic heterocycles. The van der Waals surface area contributed by atoms with Crippen molar-refractivity contribution in [2.45, 2.75) is 15.8 Å². The first-order chi connectivity index (χ1) is 12.4. The Hall–Kier alpha value is -2.46. The van der Waals surface area contributed by atoms with Crippen LogP contribution in [-0.2, 0) is 14.6 Å². The van der Waals surface area contributed by atoms with Crippen LogP contribution in [0.2, 0.25) is 0 Å². The Kier molecular flexibility index (Phi) is 5.23. The number of carbonyl (C=O) groups excluding carboxylic acids is 1. The average molecular weight is 397 g/mol. The number of hydrogen-bond acceptors (Lipinski definition) is 5. The van der Waals surface area contributed by atoms with E-state index in [0.717, 1.165) is 23.3 Å². The van der Waals surface area contributed by atoms with Crippen LogP contribution in [0.5, 0.6) is 0 Å². The number of nitrogens with zero attached hydrogens (tertiary/aromatic N) is 2. The minimum atomic E-state index is -4.81. The van der Waals surface area contributed by atoms with E-state index in [0.29, 0.717) is 5.16 Å². The zero-order valence-electron chi connectivity index (χ0n) is 13.2. The fourth-order valence-electron chi connectivity index (χ4n) is 2.26. The van der Waals surface area contributed by atoms with Gasteiger partial charge in [-0.25, -0.2) is 13.4 Å². The lowest BCUT2D eigenvalue weighted by molar-refractivity contribution is -0.113. The third-order valence-electron chi connectivity index (χ3n) is 3.44. The number of halogens is 2. The van der Waals surface area contributed by atoms with Crippen LogP contribution in [0, 0.1) is 0 Å². The third kappa shape index (κ3) is 3.70. The smallest absolute Gasteiger partial charge is 0.324 e. The number of pyridine rings is 1. The van der Waals surface area contributed by atoms with Gasteiger partial charge in [0.15, 0.2) is 5.16 Å². The first kappa shape index (κ1) is 18.3. The molecule has 0 saturated carbocycles. The van der Waals surface area contributed by atoms with E-state index in [2.05, 4.69) is 10.3 Å². The lowest BCUT2D eigenvalue weighted by atomic mass is 10.3. The van der Waals surface area contributed by atoms with Gasteiger partial charge in [-0.15, -0.1) is 0 Å². The van der Waals surface area contributed by atoms with Crippen LogP contribution in [0.25, 0.3) is 5.52 Å². The normalized spacial score (nSPS) is 11.8. The minimum absolute atomic E-state index is 0.0585. The Bertz CT molecular complexity index is 1050. The molecule has 3 aromatic rings. The van der Waals surface area contributed by atoms with E-state index in [1.165, 1.54) is 18.2 Å². The summed E-state index contributed by atoms with van der Waals surface area (Å²) in [6.07, 6.45) is 3.46. The van der Waals surface area contributed by atoms with Crippen molar-refractivity contribution in [1.29, 1.82) is 0 Å². The molecule has 0 unspecified atom stereocenters. The van der Waals surface area contributed by atoms with Crippen LogP contribution >= 0.6 is 11.8 Å². The summed E-state index contributed by atoms with van der Waals surface area (Å²) in [5.74, 6) is -4.15. The predicted molar refractivity (Wildman–Crippen MR) is 94.2 cm³/mol. The van der Waals surface area contributed by atoms with Gasteiger partial charge < -0.3 is 5.32 Å². The number of imidazole rings is 1. The number of benzene rings is 1. The third-order valence-corrected chi connectivity index (χ3v) is 5.84. The van der Waals surface area contributed by atoms with E-state index >= 15 is 0 Å². The number of anilines is 1. The van der Waals surface area contributed by atoms with Gasteiger partial charge in [0.05, 0.1) is 28.0 Å². The molecule has 1 N–H and O–H groups in total. The van der Waals surface area contributed by atoms with Gasteiger partial charge in [-0.2, -0.15) is 8.78 Å². The van der Waals surface area contributed by atoms with Gasteiger partial charge >= 0.3 is 5.76 Å². The highest BCUT2D eigenvalue weighted by Gasteiger charge is 2.29. The van der Waals surface area contributed by atoms with Crippen molar-refractivity contribution >= 4 is 38.7 Å². The van der Waals surface area contributed by atoms with Crippen LogP contribution in [0.15, 0.2) is 64.9 Å². The molecule has 136 valence electrons. The number of fused-ring (bicyclic) bond motifs is 1. The molecule has 2 heterocycles. The second-order valence-corrected chi connectivity index (χ2v) is 8.00. The molecule has 1 amide bonds. The molecule has 0 saturated heterocycles. The van der Waals surface area contributed by atoms with E-state index in [1.54, 1.807) is 16.8 Å². The lowest BCUT2D eigenvalue weighted by Crippen LogP contribution is -2.19. The Balaban J connectivity index is 1.73. The van der Waals surface area contributed by atoms with Gasteiger partial charge in [0.2, 0.25) is 15.7 Å². The summed E-state index contributed by atoms with van der Waals surface area (Å²) in [4.78, 5) is 15.7. The van der Waals surface area contributed by atoms with Gasteiger partial charge in [0.1, 0.15) is 0 Å². The minimum Gasteiger partial charge on any atom is -0.324 e. The fourth-order valence-corrected chi connectivity index (χ4v) is 3.91. The van der Waals surface area contributed by atoms with Gasteiger partial charge in [-0.05, 0) is 24.3 Å². The number of nitrogens with one attached hydrogen (secondary N) is 1. The van der Waals surface area contributed by atoms with Crippen LogP contribution in [-0.4, -0.2) is 35.2 Å². The maximum Gasteiger partial charge on any atom is 0.341 e. The highest BCUT2D eigenvalue weighted by molar-refractivity contribution is 7.99. The summed E-state index contributed by atoms with van der Waals surface area (Å²) < 4.78 is 50.8. The van der Waals surface area contributed by atoms with Crippen molar-refractivity contribution in [3.8, 4) is 0 Å². The summed E-state index contributed by atoms with van der Waals surface area (Å²) >= 11 is 1.15. The van der Waals surface area contributed by atoms with Gasteiger partial charge in [-0.3, -0.25) is 9.20 Å². The van der Waals surface area contributed by atoms with Crippen molar-refractivity contribution in [3.63, 3.8) is 0 Å². The molecule has 0 spiro atoms. The van der Waals surface area contributed by atoms with Crippen molar-refractivity contribution in [2.24, 2.45) is 0 Å². The Morgan fingerprint density at radius 1 is 1.19 bits per heavy atom. The van der Waals surface area contributed by atoms with E-state index in [9.17, 15) is 22.0 Å². The van der Waals surface area contributed by atoms with Crippen LogP contribution in [0.1, 0.15) is 0 Å². The van der Waals surface area contributed by atoms with E-state index in [4.69, 9.17) is 0 Å². The van der Waals surface area contributed by atoms with Gasteiger partial charge in [0.25, 0.3) is 0 Å². The molecule has 6 nitrogen and oxygen atoms in total. The molecule has 1 aromatic carbocycles. The zero-order chi connectivity index (χ0) is 18.7. The number of sulfone groups is 1. The summed E-state index contributed by atoms with van der Waals surface area (Å²) in [5.41, 5.74) is 0.690. The van der Waals surface area contributed by atoms with Crippen LogP contribution in [0.3, 0.4) is 0 Å². The maximum atomic E-state index is 12.8. The number of carbonyl (C=O) groups is 1. The van der Waals surface area contributed by atoms with Crippen molar-refractivity contribution in [3.05, 3.63) is 54.9 Å². The molecule has 0 aliphatic carbocycles. The summed E-state index contributed by atoms with van der Waals surface area (Å²) in [7, 11) is -4.81. The molecule has 3 rings (SSSR count). The predicted octanol–water partition coefficient (Wildman–Crippen LogP) is 3.06. The monoisotopic (exact) mass is 397 g/mol. The molecular formula is C16H13F2N3O3S2. The maximum absolute atomic E-state index is 12.8. The largest absolute Gasteiger partial charge is 0.341 e. The first-order valence-electron chi connectivity index (χ1n) is 7.35. The fraction of sp³-hybridized carbons (Fsp3) is 0.125. The van der Waals surface area contributed by atoms with Gasteiger partial charge in [0, 0.05) is 6.20 Å². The van der Waals surface area contributed by atoms with Crippen LogP contribution in [0.4, 0.5) is 14.5 Å². The zero-order valence-corrected chi connectivity index (χ0v) is 14.8. The Morgan fingerprint density at radius 3 is 2.69 bits per heavy atom. The molecular weight excluding hydrogens is 384 g/mol. The first-order valence-corrected chi connectivity index (χ1v) is 9.88. The molecule has 10 heteroatoms. The number of alkyl halides is 2. The van der Waals surface area contributed by atoms with E-state index < -0.39 is 26.4 Å². The Labute approximate surface area is 152 Å². The van der Waals surface area contributed by atoms with Crippen LogP contribution < -0.4 is 5.32 Å². The molecule has 0 fully saturated rings. The SMILES string of the molecule is O=C(CSc1ncc2ccccn12)Nc1ccccc1S(=O)(=O)C(F)F. The highest BCUT2D eigenvalue weighted by atomic mass is 32.2. The second-order valence-electron chi connectivity index (χ2n) is 5.17. The number of para-hydroxylation sites is 1. The quantitative estimate of drug-likeness (QED) is 0.647. The number of aromatic nitrogens is 2. The Morgan fingerprint density at radius 2 is 1.92 bits per heavy atom. The lowest BCUT2D eigenvalue weighted by Gasteiger charge is -2.11. The topological polar surface area (TPSA) is 80.5 Å². The summed E-state index contributed by atoms with van der Waals surface area (Å²) in [5, 5.41) is 2.96. The average Bonchev–Trinajstić information content (AvgIpc) is 3.03. The summed E-state index contributed by atoms with van der Waals surface area (Å²) in [6, 6.07) is 10.6. The molecule has 0 atom stereocenters. The van der Waals surface area contributed by atoms with Crippen molar-refractivity contribution in [1.82, 2.24) is 9.38 Å². The molecule has 26 heavy (non-hydrogen) atoms. The number of amides is 1. The van der Waals surface area contributed by atoms with Crippen molar-refractivity contribution < 1.29 is 22.0 Å². The van der Waals surface area contributed by atoms with Crippen molar-refractivity contribution in [2.75, 3.05) is 11.1 Å². The summed E-state index contributed by atoms with van der Waals surface area (Å²) in [6.45, 7) is 0. The highest BCUT2D eigenvalue weighted by Crippen LogP contribution is 2.26. The molecule has 0 radical (unpaired) electrons. The van der Waals surface area contributed by atoms with E-state index in [-0.39, 0.29) is 11.4 Å². The van der Waals surface area contributed by atoms with Gasteiger partial charge in [-0.1, -0.05) is 30.0 Å². The molecule has 0 aliphatic rings. The number of thioether (sulfide) groups is 1. The molecule has 2 aromatic heterocycles. The molecule has 0 bridgehead atoms. The van der Waals surface area contributed by atoms with E-state index in [1.807, 2.05) is 18.2 Å². The number of rotatable bonds is 6. The number of hydrogen-bond donors (Lipinski definition) is 1. The second kappa shape index (κ2) is 7.42. The standard InChI is InChI=1S/C16H13F2N3O3S2/c17-15(18)26(23,24)13-7-2-1-6-12(13)20-14(22)10-25-16-19-9-11-5-3-4-8-21(11)16/h1-9,15H,10H2,(H,20,22).